The van der Waals surface area contributed by atoms with Crippen LogP contribution in [0.15, 0.2) is 16.9 Å². The van der Waals surface area contributed by atoms with E-state index in [1.807, 2.05) is 13.8 Å². The van der Waals surface area contributed by atoms with Crippen LogP contribution in [0, 0.1) is 4.77 Å². The average molecular weight is 394 g/mol. The van der Waals surface area contributed by atoms with Crippen molar-refractivity contribution < 1.29 is 14.2 Å². The third-order valence-electron chi connectivity index (χ3n) is 4.61. The van der Waals surface area contributed by atoms with Crippen molar-refractivity contribution >= 4 is 23.1 Å². The van der Waals surface area contributed by atoms with Gasteiger partial charge in [0.1, 0.15) is 0 Å². The minimum atomic E-state index is -0.0975. The van der Waals surface area contributed by atoms with Crippen molar-refractivity contribution in [1.82, 2.24) is 14.5 Å². The van der Waals surface area contributed by atoms with Crippen LogP contribution >= 0.6 is 12.2 Å². The molecule has 1 fully saturated rings. The quantitative estimate of drug-likeness (QED) is 0.696. The van der Waals surface area contributed by atoms with Gasteiger partial charge in [0.25, 0.3) is 5.56 Å². The molecular weight excluding hydrogens is 366 g/mol. The molecule has 0 radical (unpaired) electrons. The van der Waals surface area contributed by atoms with Gasteiger partial charge in [-0.1, -0.05) is 0 Å². The van der Waals surface area contributed by atoms with Crippen molar-refractivity contribution in [3.8, 4) is 11.5 Å². The second-order valence-electron chi connectivity index (χ2n) is 6.41. The van der Waals surface area contributed by atoms with E-state index in [0.717, 1.165) is 39.3 Å². The van der Waals surface area contributed by atoms with Crippen molar-refractivity contribution in [3.05, 3.63) is 27.3 Å². The molecule has 2 aromatic rings. The maximum Gasteiger partial charge on any atom is 0.262 e. The summed E-state index contributed by atoms with van der Waals surface area (Å²) in [5, 5.41) is 0.557. The first kappa shape index (κ1) is 19.9. The van der Waals surface area contributed by atoms with Crippen molar-refractivity contribution in [1.29, 1.82) is 0 Å². The highest BCUT2D eigenvalue weighted by atomic mass is 32.1. The summed E-state index contributed by atoms with van der Waals surface area (Å²) in [4.78, 5) is 18.5. The van der Waals surface area contributed by atoms with Crippen LogP contribution in [0.5, 0.6) is 11.5 Å². The number of aromatic nitrogens is 2. The van der Waals surface area contributed by atoms with Crippen molar-refractivity contribution in [2.24, 2.45) is 0 Å². The topological polar surface area (TPSA) is 68.7 Å². The Balaban J connectivity index is 1.86. The molecule has 2 heterocycles. The van der Waals surface area contributed by atoms with Gasteiger partial charge in [-0.25, -0.2) is 0 Å². The number of morpholine rings is 1. The molecule has 1 aromatic carbocycles. The molecule has 0 unspecified atom stereocenters. The number of ether oxygens (including phenoxy) is 3. The number of fused-ring (bicyclic) bond motifs is 1. The molecule has 0 saturated carbocycles. The lowest BCUT2D eigenvalue weighted by Gasteiger charge is -2.26. The van der Waals surface area contributed by atoms with E-state index in [-0.39, 0.29) is 5.56 Å². The lowest BCUT2D eigenvalue weighted by atomic mass is 10.2. The SMILES string of the molecule is CCOc1cc2[nH]c(=S)n(CCCN3CCOCC3)c(=O)c2cc1OCC. The van der Waals surface area contributed by atoms with Crippen LogP contribution in [0.25, 0.3) is 10.9 Å². The fourth-order valence-corrected chi connectivity index (χ4v) is 3.56. The number of hydrogen-bond donors (Lipinski definition) is 1. The van der Waals surface area contributed by atoms with Gasteiger partial charge in [0.05, 0.1) is 37.3 Å². The predicted molar refractivity (Wildman–Crippen MR) is 108 cm³/mol. The van der Waals surface area contributed by atoms with Crippen LogP contribution in [0.4, 0.5) is 0 Å². The number of H-pyrrole nitrogens is 1. The number of benzene rings is 1. The molecule has 0 aliphatic carbocycles. The first-order valence-electron chi connectivity index (χ1n) is 9.50. The van der Waals surface area contributed by atoms with Crippen LogP contribution in [-0.4, -0.2) is 60.5 Å². The summed E-state index contributed by atoms with van der Waals surface area (Å²) < 4.78 is 18.7. The third-order valence-corrected chi connectivity index (χ3v) is 4.93. The number of nitrogens with zero attached hydrogens (tertiary/aromatic N) is 2. The van der Waals surface area contributed by atoms with Crippen LogP contribution in [0.3, 0.4) is 0 Å². The number of rotatable bonds is 8. The summed E-state index contributed by atoms with van der Waals surface area (Å²) in [6, 6.07) is 3.54. The highest BCUT2D eigenvalue weighted by molar-refractivity contribution is 7.71. The molecule has 8 heteroatoms. The Morgan fingerprint density at radius 2 is 1.78 bits per heavy atom. The van der Waals surface area contributed by atoms with Crippen LogP contribution < -0.4 is 15.0 Å². The third kappa shape index (κ3) is 4.69. The lowest BCUT2D eigenvalue weighted by Crippen LogP contribution is -2.37. The molecule has 0 amide bonds. The molecule has 27 heavy (non-hydrogen) atoms. The van der Waals surface area contributed by atoms with Gasteiger partial charge in [-0.3, -0.25) is 14.3 Å². The minimum absolute atomic E-state index is 0.0975. The molecule has 0 bridgehead atoms. The van der Waals surface area contributed by atoms with Crippen LogP contribution in [0.1, 0.15) is 20.3 Å². The van der Waals surface area contributed by atoms with Gasteiger partial charge in [-0.05, 0) is 38.6 Å². The molecule has 0 spiro atoms. The maximum atomic E-state index is 13.0. The van der Waals surface area contributed by atoms with E-state index < -0.39 is 0 Å². The van der Waals surface area contributed by atoms with Crippen molar-refractivity contribution in [2.75, 3.05) is 46.1 Å². The van der Waals surface area contributed by atoms with Gasteiger partial charge in [0, 0.05) is 32.2 Å². The summed E-state index contributed by atoms with van der Waals surface area (Å²) in [5.74, 6) is 1.19. The normalized spacial score (nSPS) is 15.2. The molecule has 1 aromatic heterocycles. The van der Waals surface area contributed by atoms with E-state index in [2.05, 4.69) is 9.88 Å². The molecular formula is C19H27N3O4S. The second-order valence-corrected chi connectivity index (χ2v) is 6.79. The van der Waals surface area contributed by atoms with E-state index >= 15 is 0 Å². The van der Waals surface area contributed by atoms with Gasteiger partial charge < -0.3 is 19.2 Å². The zero-order chi connectivity index (χ0) is 19.2. The minimum Gasteiger partial charge on any atom is -0.490 e. The largest absolute Gasteiger partial charge is 0.490 e. The zero-order valence-corrected chi connectivity index (χ0v) is 16.8. The Kier molecular flexibility index (Phi) is 6.87. The monoisotopic (exact) mass is 393 g/mol. The highest BCUT2D eigenvalue weighted by Gasteiger charge is 2.14. The van der Waals surface area contributed by atoms with Crippen molar-refractivity contribution in [3.63, 3.8) is 0 Å². The number of nitrogens with one attached hydrogen (secondary N) is 1. The first-order valence-corrected chi connectivity index (χ1v) is 9.91. The zero-order valence-electron chi connectivity index (χ0n) is 16.0. The molecule has 1 N–H and O–H groups in total. The Bertz CT molecular complexity index is 887. The molecule has 1 saturated heterocycles. The summed E-state index contributed by atoms with van der Waals surface area (Å²) >= 11 is 5.43. The van der Waals surface area contributed by atoms with E-state index in [0.29, 0.717) is 46.9 Å². The predicted octanol–water partition coefficient (Wildman–Crippen LogP) is 2.58. The number of aromatic amines is 1. The fraction of sp³-hybridized carbons (Fsp3) is 0.579. The summed E-state index contributed by atoms with van der Waals surface area (Å²) in [6.07, 6.45) is 0.859. The molecule has 1 aliphatic rings. The Hall–Kier alpha value is -1.90. The summed E-state index contributed by atoms with van der Waals surface area (Å²) in [7, 11) is 0. The van der Waals surface area contributed by atoms with Gasteiger partial charge >= 0.3 is 0 Å². The second kappa shape index (κ2) is 9.34. The summed E-state index contributed by atoms with van der Waals surface area (Å²) in [6.45, 7) is 9.78. The number of hydrogen-bond acceptors (Lipinski definition) is 6. The van der Waals surface area contributed by atoms with Crippen molar-refractivity contribution in [2.45, 2.75) is 26.8 Å². The fourth-order valence-electron chi connectivity index (χ4n) is 3.28. The molecule has 7 nitrogen and oxygen atoms in total. The average Bonchev–Trinajstić information content (AvgIpc) is 2.67. The maximum absolute atomic E-state index is 13.0. The van der Waals surface area contributed by atoms with Gasteiger partial charge in [0.2, 0.25) is 0 Å². The van der Waals surface area contributed by atoms with E-state index in [4.69, 9.17) is 26.4 Å². The van der Waals surface area contributed by atoms with E-state index in [9.17, 15) is 4.79 Å². The van der Waals surface area contributed by atoms with E-state index in [1.54, 1.807) is 16.7 Å². The van der Waals surface area contributed by atoms with Gasteiger partial charge in [-0.2, -0.15) is 0 Å². The van der Waals surface area contributed by atoms with Gasteiger partial charge in [-0.15, -0.1) is 0 Å². The molecule has 0 atom stereocenters. The summed E-state index contributed by atoms with van der Waals surface area (Å²) in [5.41, 5.74) is 0.570. The highest BCUT2D eigenvalue weighted by Crippen LogP contribution is 2.30. The molecule has 3 rings (SSSR count). The Morgan fingerprint density at radius 3 is 2.44 bits per heavy atom. The Labute approximate surface area is 163 Å². The first-order chi connectivity index (χ1) is 13.1. The smallest absolute Gasteiger partial charge is 0.262 e. The van der Waals surface area contributed by atoms with E-state index in [1.165, 1.54) is 0 Å². The molecule has 1 aliphatic heterocycles. The molecule has 148 valence electrons. The lowest BCUT2D eigenvalue weighted by molar-refractivity contribution is 0.0369. The standard InChI is InChI=1S/C19H27N3O4S/c1-3-25-16-12-14-15(13-17(16)26-4-2)20-19(27)22(18(14)23)7-5-6-21-8-10-24-11-9-21/h12-13H,3-11H2,1-2H3,(H,20,27). The van der Waals surface area contributed by atoms with Crippen LogP contribution in [0.2, 0.25) is 0 Å². The van der Waals surface area contributed by atoms with Gasteiger partial charge in [0.15, 0.2) is 16.3 Å². The van der Waals surface area contributed by atoms with Crippen LogP contribution in [-0.2, 0) is 11.3 Å². The Morgan fingerprint density at radius 1 is 1.11 bits per heavy atom.